The van der Waals surface area contributed by atoms with Crippen LogP contribution < -0.4 is 0 Å². The summed E-state index contributed by atoms with van der Waals surface area (Å²) in [4.78, 5) is 11.2. The number of hydrogen-bond donors (Lipinski definition) is 0. The molecule has 1 rings (SSSR count). The van der Waals surface area contributed by atoms with Gasteiger partial charge in [-0.1, -0.05) is 0 Å². The van der Waals surface area contributed by atoms with E-state index in [0.29, 0.717) is 0 Å². The van der Waals surface area contributed by atoms with Crippen LogP contribution >= 0.6 is 0 Å². The Kier molecular flexibility index (Phi) is 2.36. The van der Waals surface area contributed by atoms with E-state index in [9.17, 15) is 13.6 Å². The standard InChI is InChI=1S/C8H12F2N2O/c1-8(2,3)12-6(13)4-5(11-12)7(9)10/h7H,4H2,1-3H3. The van der Waals surface area contributed by atoms with E-state index in [1.165, 1.54) is 0 Å². The fraction of sp³-hybridized carbons (Fsp3) is 0.750. The largest absolute Gasteiger partial charge is 0.278 e. The highest BCUT2D eigenvalue weighted by atomic mass is 19.3. The second-order valence-corrected chi connectivity index (χ2v) is 3.95. The van der Waals surface area contributed by atoms with Crippen LogP contribution in [0.3, 0.4) is 0 Å². The molecule has 13 heavy (non-hydrogen) atoms. The van der Waals surface area contributed by atoms with Crippen molar-refractivity contribution in [1.82, 2.24) is 5.01 Å². The molecule has 0 aromatic carbocycles. The molecule has 0 aromatic heterocycles. The highest BCUT2D eigenvalue weighted by Crippen LogP contribution is 2.22. The van der Waals surface area contributed by atoms with Crippen molar-refractivity contribution in [1.29, 1.82) is 0 Å². The van der Waals surface area contributed by atoms with Crippen LogP contribution in [0.2, 0.25) is 0 Å². The Morgan fingerprint density at radius 1 is 1.46 bits per heavy atom. The van der Waals surface area contributed by atoms with Gasteiger partial charge in [0.2, 0.25) is 5.91 Å². The van der Waals surface area contributed by atoms with Crippen LogP contribution in [0.15, 0.2) is 5.10 Å². The maximum absolute atomic E-state index is 12.2. The second kappa shape index (κ2) is 3.05. The zero-order valence-electron chi connectivity index (χ0n) is 7.84. The van der Waals surface area contributed by atoms with Gasteiger partial charge in [-0.05, 0) is 20.8 Å². The molecule has 0 aromatic rings. The fourth-order valence-corrected chi connectivity index (χ4v) is 1.09. The lowest BCUT2D eigenvalue weighted by atomic mass is 10.1. The first kappa shape index (κ1) is 10.1. The summed E-state index contributed by atoms with van der Waals surface area (Å²) >= 11 is 0. The van der Waals surface area contributed by atoms with Gasteiger partial charge in [-0.25, -0.2) is 13.8 Å². The summed E-state index contributed by atoms with van der Waals surface area (Å²) < 4.78 is 24.3. The van der Waals surface area contributed by atoms with Crippen LogP contribution in [-0.4, -0.2) is 28.6 Å². The zero-order chi connectivity index (χ0) is 10.2. The van der Waals surface area contributed by atoms with E-state index < -0.39 is 12.0 Å². The number of hydrazone groups is 1. The predicted molar refractivity (Wildman–Crippen MR) is 44.7 cm³/mol. The molecule has 0 N–H and O–H groups in total. The lowest BCUT2D eigenvalue weighted by molar-refractivity contribution is -0.133. The van der Waals surface area contributed by atoms with Gasteiger partial charge in [0, 0.05) is 0 Å². The Morgan fingerprint density at radius 2 is 2.00 bits per heavy atom. The van der Waals surface area contributed by atoms with E-state index in [1.807, 2.05) is 0 Å². The Balaban J connectivity index is 2.85. The molecule has 1 heterocycles. The molecule has 0 atom stereocenters. The number of alkyl halides is 2. The summed E-state index contributed by atoms with van der Waals surface area (Å²) in [7, 11) is 0. The SMILES string of the molecule is CC(C)(C)N1N=C(C(F)F)CC1=O. The first-order valence-corrected chi connectivity index (χ1v) is 4.01. The minimum Gasteiger partial charge on any atom is -0.273 e. The van der Waals surface area contributed by atoms with Crippen molar-refractivity contribution in [3.8, 4) is 0 Å². The van der Waals surface area contributed by atoms with Gasteiger partial charge in [0.05, 0.1) is 12.0 Å². The molecule has 0 bridgehead atoms. The normalized spacial score (nSPS) is 18.5. The Labute approximate surface area is 75.4 Å². The van der Waals surface area contributed by atoms with Crippen molar-refractivity contribution in [2.45, 2.75) is 39.2 Å². The number of halogens is 2. The van der Waals surface area contributed by atoms with Gasteiger partial charge in [0.15, 0.2) is 0 Å². The maximum atomic E-state index is 12.2. The molecular weight excluding hydrogens is 178 g/mol. The van der Waals surface area contributed by atoms with Gasteiger partial charge in [-0.15, -0.1) is 0 Å². The summed E-state index contributed by atoms with van der Waals surface area (Å²) in [6.45, 7) is 5.26. The Hall–Kier alpha value is -1.00. The van der Waals surface area contributed by atoms with Crippen molar-refractivity contribution in [3.05, 3.63) is 0 Å². The highest BCUT2D eigenvalue weighted by Gasteiger charge is 2.35. The average molecular weight is 190 g/mol. The Bertz CT molecular complexity index is 255. The van der Waals surface area contributed by atoms with Gasteiger partial charge in [0.1, 0.15) is 5.71 Å². The van der Waals surface area contributed by atoms with Crippen LogP contribution in [0.5, 0.6) is 0 Å². The molecular formula is C8H12F2N2O. The molecule has 74 valence electrons. The minimum absolute atomic E-state index is 0.255. The van der Waals surface area contributed by atoms with E-state index in [1.54, 1.807) is 20.8 Å². The van der Waals surface area contributed by atoms with Crippen molar-refractivity contribution < 1.29 is 13.6 Å². The van der Waals surface area contributed by atoms with Crippen molar-refractivity contribution >= 4 is 11.6 Å². The lowest BCUT2D eigenvalue weighted by Gasteiger charge is -2.27. The van der Waals surface area contributed by atoms with Crippen LogP contribution in [0, 0.1) is 0 Å². The monoisotopic (exact) mass is 190 g/mol. The third kappa shape index (κ3) is 2.02. The van der Waals surface area contributed by atoms with Crippen LogP contribution in [0.4, 0.5) is 8.78 Å². The number of carbonyl (C=O) groups is 1. The number of carbonyl (C=O) groups excluding carboxylic acids is 1. The molecule has 0 fully saturated rings. The highest BCUT2D eigenvalue weighted by molar-refractivity contribution is 6.06. The molecule has 5 heteroatoms. The second-order valence-electron chi connectivity index (χ2n) is 3.95. The number of rotatable bonds is 1. The molecule has 0 radical (unpaired) electrons. The first-order valence-electron chi connectivity index (χ1n) is 4.01. The Morgan fingerprint density at radius 3 is 2.23 bits per heavy atom. The molecule has 0 saturated carbocycles. The van der Waals surface area contributed by atoms with Crippen molar-refractivity contribution in [2.24, 2.45) is 5.10 Å². The van der Waals surface area contributed by atoms with E-state index in [0.717, 1.165) is 5.01 Å². The average Bonchev–Trinajstić information content (AvgIpc) is 2.29. The first-order chi connectivity index (χ1) is 5.82. The fourth-order valence-electron chi connectivity index (χ4n) is 1.09. The molecule has 1 aliphatic heterocycles. The topological polar surface area (TPSA) is 32.7 Å². The zero-order valence-corrected chi connectivity index (χ0v) is 7.84. The summed E-state index contributed by atoms with van der Waals surface area (Å²) in [5.74, 6) is -0.359. The third-order valence-electron chi connectivity index (χ3n) is 1.68. The van der Waals surface area contributed by atoms with Crippen LogP contribution in [0.1, 0.15) is 27.2 Å². The van der Waals surface area contributed by atoms with Gasteiger partial charge in [-0.3, -0.25) is 4.79 Å². The van der Waals surface area contributed by atoms with E-state index >= 15 is 0 Å². The van der Waals surface area contributed by atoms with Crippen LogP contribution in [0.25, 0.3) is 0 Å². The smallest absolute Gasteiger partial charge is 0.273 e. The molecule has 0 spiro atoms. The van der Waals surface area contributed by atoms with Gasteiger partial charge in [-0.2, -0.15) is 5.10 Å². The van der Waals surface area contributed by atoms with Gasteiger partial charge in [0.25, 0.3) is 6.43 Å². The summed E-state index contributed by atoms with van der Waals surface area (Å²) in [5.41, 5.74) is -0.854. The predicted octanol–water partition coefficient (Wildman–Crippen LogP) is 1.64. The van der Waals surface area contributed by atoms with E-state index in [4.69, 9.17) is 0 Å². The number of hydrogen-bond acceptors (Lipinski definition) is 2. The van der Waals surface area contributed by atoms with Crippen LogP contribution in [-0.2, 0) is 4.79 Å². The molecule has 0 unspecified atom stereocenters. The van der Waals surface area contributed by atoms with Gasteiger partial charge < -0.3 is 0 Å². The molecule has 1 aliphatic rings. The summed E-state index contributed by atoms with van der Waals surface area (Å²) in [6, 6.07) is 0. The minimum atomic E-state index is -2.63. The van der Waals surface area contributed by atoms with E-state index in [2.05, 4.69) is 5.10 Å². The quantitative estimate of drug-likeness (QED) is 0.618. The maximum Gasteiger partial charge on any atom is 0.278 e. The van der Waals surface area contributed by atoms with Crippen molar-refractivity contribution in [2.75, 3.05) is 0 Å². The third-order valence-corrected chi connectivity index (χ3v) is 1.68. The molecule has 0 saturated heterocycles. The molecule has 3 nitrogen and oxygen atoms in total. The van der Waals surface area contributed by atoms with Crippen molar-refractivity contribution in [3.63, 3.8) is 0 Å². The lowest BCUT2D eigenvalue weighted by Crippen LogP contribution is -2.38. The van der Waals surface area contributed by atoms with Gasteiger partial charge >= 0.3 is 0 Å². The molecule has 0 aliphatic carbocycles. The molecule has 1 amide bonds. The number of amides is 1. The summed E-state index contributed by atoms with van der Waals surface area (Å²) in [6.07, 6.45) is -2.88. The summed E-state index contributed by atoms with van der Waals surface area (Å²) in [5, 5.41) is 4.71. The number of nitrogens with zero attached hydrogens (tertiary/aromatic N) is 2. The van der Waals surface area contributed by atoms with E-state index in [-0.39, 0.29) is 18.0 Å².